The lowest BCUT2D eigenvalue weighted by molar-refractivity contribution is -0.113. The molecule has 1 aromatic carbocycles. The minimum absolute atomic E-state index is 0.0285. The molecule has 1 aromatic rings. The first-order valence-electron chi connectivity index (χ1n) is 13.3. The second-order valence-electron chi connectivity index (χ2n) is 10.4. The summed E-state index contributed by atoms with van der Waals surface area (Å²) in [7, 11) is 0. The number of hydrogen-bond acceptors (Lipinski definition) is 8. The first-order chi connectivity index (χ1) is 18.1. The zero-order chi connectivity index (χ0) is 27.9. The number of anilines is 1. The first-order valence-corrected chi connectivity index (χ1v) is 14.4. The average Bonchev–Trinajstić information content (AvgIpc) is 3.01. The maximum Gasteiger partial charge on any atom is 0.407 e. The molecule has 212 valence electrons. The van der Waals surface area contributed by atoms with Crippen LogP contribution >= 0.6 is 0 Å². The summed E-state index contributed by atoms with van der Waals surface area (Å²) >= 11 is -2.51. The zero-order valence-electron chi connectivity index (χ0n) is 22.5. The molecule has 3 aliphatic rings. The molecule has 4 rings (SSSR count). The molecular formula is C27H40FN4O5S-. The van der Waals surface area contributed by atoms with Crippen LogP contribution in [-0.2, 0) is 26.0 Å². The number of nitrogens with zero attached hydrogens (tertiary/aromatic N) is 1. The lowest BCUT2D eigenvalue weighted by atomic mass is 9.74. The van der Waals surface area contributed by atoms with Gasteiger partial charge in [-0.25, -0.2) is 9.18 Å². The van der Waals surface area contributed by atoms with E-state index in [-0.39, 0.29) is 34.0 Å². The van der Waals surface area contributed by atoms with Crippen LogP contribution in [-0.4, -0.2) is 63.9 Å². The van der Waals surface area contributed by atoms with Crippen LogP contribution in [0.5, 0.6) is 0 Å². The summed E-state index contributed by atoms with van der Waals surface area (Å²) in [5, 5.41) is 6.54. The van der Waals surface area contributed by atoms with Gasteiger partial charge in [-0.3, -0.25) is 9.00 Å². The standard InChI is InChI=1S/C22H32FN3O2.C5H9NO3S/c1-2-28-21(27)25-17-5-3-4-6-18(14-17)26-11-9-22(10-12-26)15-24-20-8-7-16(23)13-19(20)22;1-3(6)5(4(2)7)10(8)9/h7-8,13,17-18,24H,2-6,9-12,14-15H2,1H3,(H,25,27);6H2,1-2H3,(H,8,9)/p-1. The van der Waals surface area contributed by atoms with Crippen LogP contribution in [0.25, 0.3) is 0 Å². The third-order valence-electron chi connectivity index (χ3n) is 7.78. The van der Waals surface area contributed by atoms with Gasteiger partial charge in [-0.1, -0.05) is 12.8 Å². The SMILES string of the molecule is CC(=O)C(=C(C)N)S(=O)[O-].CCOC(=O)NC1CCCCC(N2CCC3(CC2)CNc2ccc(F)cc23)C1. The van der Waals surface area contributed by atoms with Crippen molar-refractivity contribution in [1.82, 2.24) is 10.2 Å². The van der Waals surface area contributed by atoms with Crippen LogP contribution in [0.2, 0.25) is 0 Å². The van der Waals surface area contributed by atoms with E-state index in [9.17, 15) is 22.7 Å². The third kappa shape index (κ3) is 7.54. The summed E-state index contributed by atoms with van der Waals surface area (Å²) in [6.07, 6.45) is 7.41. The summed E-state index contributed by atoms with van der Waals surface area (Å²) in [5.41, 5.74) is 7.47. The molecule has 9 nitrogen and oxygen atoms in total. The van der Waals surface area contributed by atoms with Gasteiger partial charge >= 0.3 is 6.09 Å². The Kier molecular flexibility index (Phi) is 10.7. The Hall–Kier alpha value is -2.50. The van der Waals surface area contributed by atoms with Gasteiger partial charge in [0.15, 0.2) is 5.78 Å². The van der Waals surface area contributed by atoms with E-state index in [0.29, 0.717) is 12.6 Å². The van der Waals surface area contributed by atoms with Crippen molar-refractivity contribution in [2.24, 2.45) is 5.73 Å². The fraction of sp³-hybridized carbons (Fsp3) is 0.630. The van der Waals surface area contributed by atoms with Crippen LogP contribution in [0.1, 0.15) is 71.3 Å². The van der Waals surface area contributed by atoms with Crippen molar-refractivity contribution >= 4 is 28.6 Å². The molecule has 1 saturated heterocycles. The van der Waals surface area contributed by atoms with Crippen molar-refractivity contribution in [3.8, 4) is 0 Å². The van der Waals surface area contributed by atoms with Crippen molar-refractivity contribution in [2.45, 2.75) is 83.2 Å². The Labute approximate surface area is 227 Å². The summed E-state index contributed by atoms with van der Waals surface area (Å²) in [4.78, 5) is 24.6. The molecule has 2 aliphatic heterocycles. The Bertz CT molecular complexity index is 1040. The molecule has 3 unspecified atom stereocenters. The molecule has 2 fully saturated rings. The summed E-state index contributed by atoms with van der Waals surface area (Å²) < 4.78 is 39.4. The highest BCUT2D eigenvalue weighted by atomic mass is 32.2. The third-order valence-corrected chi connectivity index (χ3v) is 8.72. The number of Topliss-reactive ketones (excluding diaryl/α,β-unsaturated/α-hetero) is 1. The maximum absolute atomic E-state index is 13.8. The molecule has 11 heteroatoms. The van der Waals surface area contributed by atoms with Crippen molar-refractivity contribution < 1.29 is 27.5 Å². The van der Waals surface area contributed by atoms with Gasteiger partial charge in [0.25, 0.3) is 0 Å². The highest BCUT2D eigenvalue weighted by Crippen LogP contribution is 2.45. The number of likely N-dealkylation sites (tertiary alicyclic amines) is 1. The van der Waals surface area contributed by atoms with Gasteiger partial charge in [0, 0.05) is 35.4 Å². The Morgan fingerprint density at radius 1 is 1.26 bits per heavy atom. The Morgan fingerprint density at radius 2 is 1.95 bits per heavy atom. The van der Waals surface area contributed by atoms with E-state index in [2.05, 4.69) is 15.5 Å². The number of carbonyl (C=O) groups excluding carboxylic acids is 2. The van der Waals surface area contributed by atoms with E-state index in [1.807, 2.05) is 13.0 Å². The number of rotatable bonds is 5. The first kappa shape index (κ1) is 30.0. The van der Waals surface area contributed by atoms with E-state index >= 15 is 0 Å². The topological polar surface area (TPSA) is 137 Å². The van der Waals surface area contributed by atoms with Gasteiger partial charge in [-0.2, -0.15) is 0 Å². The van der Waals surface area contributed by atoms with Crippen LogP contribution in [0, 0.1) is 5.82 Å². The number of carbonyl (C=O) groups is 2. The lowest BCUT2D eigenvalue weighted by Crippen LogP contribution is -2.49. The minimum atomic E-state index is -2.51. The number of halogens is 1. The number of allylic oxidation sites excluding steroid dienone is 2. The number of amides is 1. The van der Waals surface area contributed by atoms with Crippen LogP contribution in [0.4, 0.5) is 14.9 Å². The summed E-state index contributed by atoms with van der Waals surface area (Å²) in [5.74, 6) is -0.672. The molecule has 1 saturated carbocycles. The fourth-order valence-corrected chi connectivity index (χ4v) is 6.39. The molecule has 0 bridgehead atoms. The second-order valence-corrected chi connectivity index (χ2v) is 11.3. The highest BCUT2D eigenvalue weighted by molar-refractivity contribution is 7.84. The summed E-state index contributed by atoms with van der Waals surface area (Å²) in [6.45, 7) is 7.75. The molecule has 0 radical (unpaired) electrons. The number of ketones is 1. The molecule has 2 heterocycles. The molecule has 1 amide bonds. The van der Waals surface area contributed by atoms with E-state index < -0.39 is 16.9 Å². The maximum atomic E-state index is 13.8. The number of benzene rings is 1. The Morgan fingerprint density at radius 3 is 2.53 bits per heavy atom. The largest absolute Gasteiger partial charge is 0.768 e. The van der Waals surface area contributed by atoms with E-state index in [4.69, 9.17) is 10.5 Å². The van der Waals surface area contributed by atoms with Crippen LogP contribution in [0.3, 0.4) is 0 Å². The van der Waals surface area contributed by atoms with E-state index in [1.54, 1.807) is 12.1 Å². The van der Waals surface area contributed by atoms with Crippen molar-refractivity contribution in [1.29, 1.82) is 0 Å². The van der Waals surface area contributed by atoms with Crippen molar-refractivity contribution in [3.05, 3.63) is 40.2 Å². The number of hydrogen-bond donors (Lipinski definition) is 3. The quantitative estimate of drug-likeness (QED) is 0.286. The van der Waals surface area contributed by atoms with Crippen molar-refractivity contribution in [3.63, 3.8) is 0 Å². The minimum Gasteiger partial charge on any atom is -0.768 e. The normalized spacial score (nSPS) is 24.0. The molecule has 0 aromatic heterocycles. The van der Waals surface area contributed by atoms with Gasteiger partial charge in [-0.05, 0) is 101 Å². The van der Waals surface area contributed by atoms with E-state index in [1.165, 1.54) is 19.8 Å². The number of ether oxygens (including phenoxy) is 1. The number of alkyl carbamates (subject to hydrolysis) is 1. The number of piperidine rings is 1. The molecular weight excluding hydrogens is 511 g/mol. The fourth-order valence-electron chi connectivity index (χ4n) is 5.90. The van der Waals surface area contributed by atoms with E-state index in [0.717, 1.165) is 69.9 Å². The zero-order valence-corrected chi connectivity index (χ0v) is 23.3. The van der Waals surface area contributed by atoms with Gasteiger partial charge in [0.05, 0.1) is 11.5 Å². The second kappa shape index (κ2) is 13.5. The van der Waals surface area contributed by atoms with Gasteiger partial charge in [-0.15, -0.1) is 0 Å². The monoisotopic (exact) mass is 551 g/mol. The van der Waals surface area contributed by atoms with Crippen LogP contribution in [0.15, 0.2) is 28.8 Å². The highest BCUT2D eigenvalue weighted by Gasteiger charge is 2.43. The Balaban J connectivity index is 0.000000342. The molecule has 38 heavy (non-hydrogen) atoms. The van der Waals surface area contributed by atoms with Gasteiger partial charge < -0.3 is 30.6 Å². The lowest BCUT2D eigenvalue weighted by Gasteiger charge is -2.43. The van der Waals surface area contributed by atoms with Crippen LogP contribution < -0.4 is 16.4 Å². The smallest absolute Gasteiger partial charge is 0.407 e. The van der Waals surface area contributed by atoms with Gasteiger partial charge in [0.2, 0.25) is 0 Å². The molecule has 1 spiro atoms. The molecule has 3 atom stereocenters. The average molecular weight is 552 g/mol. The summed E-state index contributed by atoms with van der Waals surface area (Å²) in [6, 6.07) is 5.86. The van der Waals surface area contributed by atoms with Gasteiger partial charge in [0.1, 0.15) is 5.82 Å². The number of nitrogens with two attached hydrogens (primary N) is 1. The molecule has 1 aliphatic carbocycles. The molecule has 4 N–H and O–H groups in total. The predicted molar refractivity (Wildman–Crippen MR) is 145 cm³/mol. The predicted octanol–water partition coefficient (Wildman–Crippen LogP) is 3.68. The number of fused-ring (bicyclic) bond motifs is 2. The number of nitrogens with one attached hydrogen (secondary N) is 2. The van der Waals surface area contributed by atoms with Crippen molar-refractivity contribution in [2.75, 3.05) is 31.6 Å².